The minimum absolute atomic E-state index is 0.0106. The van der Waals surface area contributed by atoms with E-state index in [-0.39, 0.29) is 6.61 Å². The summed E-state index contributed by atoms with van der Waals surface area (Å²) in [5.41, 5.74) is 0.00760. The van der Waals surface area contributed by atoms with E-state index in [0.717, 1.165) is 23.3 Å². The summed E-state index contributed by atoms with van der Waals surface area (Å²) in [5.74, 6) is -4.01. The number of hydrogen-bond acceptors (Lipinski definition) is 4. The molecule has 0 fully saturated rings. The van der Waals surface area contributed by atoms with Crippen LogP contribution in [0.15, 0.2) is 23.8 Å². The highest BCUT2D eigenvalue weighted by Crippen LogP contribution is 2.24. The van der Waals surface area contributed by atoms with E-state index < -0.39 is 36.0 Å². The third-order valence-electron chi connectivity index (χ3n) is 3.43. The molecule has 1 rings (SSSR count). The first-order chi connectivity index (χ1) is 11.4. The van der Waals surface area contributed by atoms with Gasteiger partial charge in [0, 0.05) is 13.5 Å². The average Bonchev–Trinajstić information content (AvgIpc) is 2.48. The molecule has 0 saturated heterocycles. The van der Waals surface area contributed by atoms with E-state index in [4.69, 9.17) is 9.47 Å². The summed E-state index contributed by atoms with van der Waals surface area (Å²) >= 11 is 0. The average molecular weight is 359 g/mol. The Hall–Kier alpha value is -1.92. The van der Waals surface area contributed by atoms with Gasteiger partial charge < -0.3 is 9.47 Å². The molecule has 1 amide bonds. The van der Waals surface area contributed by atoms with Crippen LogP contribution in [0.5, 0.6) is 0 Å². The number of esters is 1. The second kappa shape index (κ2) is 8.45. The summed E-state index contributed by atoms with van der Waals surface area (Å²) in [5, 5.41) is 0. The molecule has 0 bridgehead atoms. The number of carbonyl (C=O) groups is 2. The Balaban J connectivity index is 2.80. The van der Waals surface area contributed by atoms with Crippen LogP contribution in [0.1, 0.15) is 47.0 Å². The van der Waals surface area contributed by atoms with E-state index >= 15 is 0 Å². The van der Waals surface area contributed by atoms with Gasteiger partial charge in [0.05, 0.1) is 0 Å². The molecule has 25 heavy (non-hydrogen) atoms. The SMILES string of the molecule is CN(C(=O)OC(C)(C)C)[C@@H](CC(C)(F)F)C(=O)OCC1=CCCC=C1. The van der Waals surface area contributed by atoms with E-state index in [0.29, 0.717) is 6.92 Å². The minimum Gasteiger partial charge on any atom is -0.459 e. The van der Waals surface area contributed by atoms with E-state index in [2.05, 4.69) is 0 Å². The van der Waals surface area contributed by atoms with Gasteiger partial charge in [-0.15, -0.1) is 0 Å². The van der Waals surface area contributed by atoms with Crippen molar-refractivity contribution in [2.24, 2.45) is 0 Å². The minimum atomic E-state index is -3.13. The van der Waals surface area contributed by atoms with Crippen molar-refractivity contribution in [3.8, 4) is 0 Å². The molecule has 0 N–H and O–H groups in total. The molecule has 0 aromatic carbocycles. The zero-order chi connectivity index (χ0) is 19.3. The van der Waals surface area contributed by atoms with Crippen LogP contribution in [0.3, 0.4) is 0 Å². The second-order valence-corrected chi connectivity index (χ2v) is 7.25. The van der Waals surface area contributed by atoms with Gasteiger partial charge >= 0.3 is 12.1 Å². The predicted molar refractivity (Wildman–Crippen MR) is 90.4 cm³/mol. The highest BCUT2D eigenvalue weighted by molar-refractivity contribution is 5.81. The molecule has 0 heterocycles. The standard InChI is InChI=1S/C18H27F2NO4/c1-17(2,3)25-16(23)21(5)14(11-18(4,19)20)15(22)24-12-13-9-7-6-8-10-13/h7,9-10,14H,6,8,11-12H2,1-5H3/t14-/m0/s1. The first kappa shape index (κ1) is 21.1. The molecule has 0 aliphatic heterocycles. The maximum Gasteiger partial charge on any atom is 0.410 e. The molecule has 0 aromatic heterocycles. The fourth-order valence-corrected chi connectivity index (χ4v) is 2.20. The number of allylic oxidation sites excluding steroid dienone is 2. The number of carbonyl (C=O) groups excluding carboxylic acids is 2. The second-order valence-electron chi connectivity index (χ2n) is 7.25. The number of nitrogens with zero attached hydrogens (tertiary/aromatic N) is 1. The van der Waals surface area contributed by atoms with Crippen molar-refractivity contribution in [1.82, 2.24) is 4.90 Å². The summed E-state index contributed by atoms with van der Waals surface area (Å²) in [4.78, 5) is 25.3. The van der Waals surface area contributed by atoms with E-state index in [1.165, 1.54) is 7.05 Å². The Kier molecular flexibility index (Phi) is 7.14. The van der Waals surface area contributed by atoms with Crippen LogP contribution >= 0.6 is 0 Å². The Labute approximate surface area is 147 Å². The molecule has 1 aliphatic carbocycles. The molecule has 142 valence electrons. The Morgan fingerprint density at radius 2 is 1.88 bits per heavy atom. The monoisotopic (exact) mass is 359 g/mol. The van der Waals surface area contributed by atoms with Gasteiger partial charge in [0.2, 0.25) is 5.92 Å². The van der Waals surface area contributed by atoms with E-state index in [9.17, 15) is 18.4 Å². The fraction of sp³-hybridized carbons (Fsp3) is 0.667. The van der Waals surface area contributed by atoms with Crippen LogP contribution in [0.2, 0.25) is 0 Å². The van der Waals surface area contributed by atoms with E-state index in [1.54, 1.807) is 20.8 Å². The smallest absolute Gasteiger partial charge is 0.410 e. The zero-order valence-corrected chi connectivity index (χ0v) is 15.5. The van der Waals surface area contributed by atoms with Crippen molar-refractivity contribution < 1.29 is 27.8 Å². The van der Waals surface area contributed by atoms with Crippen LogP contribution in [0.4, 0.5) is 13.6 Å². The molecule has 0 spiro atoms. The van der Waals surface area contributed by atoms with Gasteiger partial charge in [0.1, 0.15) is 18.2 Å². The number of halogens is 2. The molecule has 0 unspecified atom stereocenters. The number of likely N-dealkylation sites (N-methyl/N-ethyl adjacent to an activating group) is 1. The van der Waals surface area contributed by atoms with Gasteiger partial charge in [0.15, 0.2) is 0 Å². The van der Waals surface area contributed by atoms with Crippen LogP contribution in [0, 0.1) is 0 Å². The lowest BCUT2D eigenvalue weighted by Crippen LogP contribution is -2.47. The topological polar surface area (TPSA) is 55.8 Å². The van der Waals surface area contributed by atoms with Crippen LogP contribution in [-0.4, -0.2) is 48.2 Å². The largest absolute Gasteiger partial charge is 0.459 e. The van der Waals surface area contributed by atoms with Crippen molar-refractivity contribution in [3.63, 3.8) is 0 Å². The summed E-state index contributed by atoms with van der Waals surface area (Å²) in [7, 11) is 1.26. The lowest BCUT2D eigenvalue weighted by atomic mass is 10.1. The molecular weight excluding hydrogens is 332 g/mol. The summed E-state index contributed by atoms with van der Waals surface area (Å²) < 4.78 is 37.3. The lowest BCUT2D eigenvalue weighted by molar-refractivity contribution is -0.151. The predicted octanol–water partition coefficient (Wildman–Crippen LogP) is 4.09. The maximum atomic E-state index is 13.5. The van der Waals surface area contributed by atoms with Crippen LogP contribution in [-0.2, 0) is 14.3 Å². The van der Waals surface area contributed by atoms with Gasteiger partial charge in [-0.3, -0.25) is 4.90 Å². The number of alkyl halides is 2. The van der Waals surface area contributed by atoms with Gasteiger partial charge in [-0.2, -0.15) is 0 Å². The van der Waals surface area contributed by atoms with Crippen molar-refractivity contribution >= 4 is 12.1 Å². The van der Waals surface area contributed by atoms with Gasteiger partial charge in [-0.25, -0.2) is 18.4 Å². The molecule has 0 radical (unpaired) electrons. The molecule has 7 heteroatoms. The number of ether oxygens (including phenoxy) is 2. The fourth-order valence-electron chi connectivity index (χ4n) is 2.20. The highest BCUT2D eigenvalue weighted by Gasteiger charge is 2.38. The molecular formula is C18H27F2NO4. The summed E-state index contributed by atoms with van der Waals surface area (Å²) in [6.07, 6.45) is 5.78. The number of rotatable bonds is 6. The third kappa shape index (κ3) is 8.14. The van der Waals surface area contributed by atoms with Gasteiger partial charge in [0.25, 0.3) is 0 Å². The molecule has 1 atom stereocenters. The summed E-state index contributed by atoms with van der Waals surface area (Å²) in [6.45, 7) is 5.65. The maximum absolute atomic E-state index is 13.5. The Bertz CT molecular complexity index is 544. The Morgan fingerprint density at radius 1 is 1.24 bits per heavy atom. The number of amides is 1. The first-order valence-electron chi connectivity index (χ1n) is 8.25. The first-order valence-corrected chi connectivity index (χ1v) is 8.25. The summed E-state index contributed by atoms with van der Waals surface area (Å²) in [6, 6.07) is -1.43. The highest BCUT2D eigenvalue weighted by atomic mass is 19.3. The number of hydrogen-bond donors (Lipinski definition) is 0. The molecule has 1 aliphatic rings. The van der Waals surface area contributed by atoms with Crippen molar-refractivity contribution in [2.45, 2.75) is 64.5 Å². The Morgan fingerprint density at radius 3 is 2.36 bits per heavy atom. The molecule has 5 nitrogen and oxygen atoms in total. The molecule has 0 aromatic rings. The third-order valence-corrected chi connectivity index (χ3v) is 3.43. The lowest BCUT2D eigenvalue weighted by Gasteiger charge is -2.30. The van der Waals surface area contributed by atoms with Gasteiger partial charge in [-0.1, -0.05) is 18.2 Å². The van der Waals surface area contributed by atoms with Crippen LogP contribution < -0.4 is 0 Å². The quantitative estimate of drug-likeness (QED) is 0.671. The van der Waals surface area contributed by atoms with Crippen LogP contribution in [0.25, 0.3) is 0 Å². The van der Waals surface area contributed by atoms with Crippen molar-refractivity contribution in [2.75, 3.05) is 13.7 Å². The van der Waals surface area contributed by atoms with E-state index in [1.807, 2.05) is 18.2 Å². The molecule has 0 saturated carbocycles. The zero-order valence-electron chi connectivity index (χ0n) is 15.5. The van der Waals surface area contributed by atoms with Gasteiger partial charge in [-0.05, 0) is 46.1 Å². The van der Waals surface area contributed by atoms with Crippen molar-refractivity contribution in [1.29, 1.82) is 0 Å². The normalized spacial score (nSPS) is 16.0. The van der Waals surface area contributed by atoms with Crippen molar-refractivity contribution in [3.05, 3.63) is 23.8 Å².